The molecule has 0 fully saturated rings. The van der Waals surface area contributed by atoms with Crippen LogP contribution in [0.25, 0.3) is 11.1 Å². The van der Waals surface area contributed by atoms with Gasteiger partial charge in [0.05, 0.1) is 0 Å². The van der Waals surface area contributed by atoms with Crippen molar-refractivity contribution in [3.05, 3.63) is 57.0 Å². The Morgan fingerprint density at radius 3 is 2.24 bits per heavy atom. The summed E-state index contributed by atoms with van der Waals surface area (Å²) in [7, 11) is 0. The van der Waals surface area contributed by atoms with Crippen molar-refractivity contribution < 1.29 is 0 Å². The van der Waals surface area contributed by atoms with Crippen LogP contribution in [0.5, 0.6) is 0 Å². The molecule has 0 radical (unpaired) electrons. The van der Waals surface area contributed by atoms with E-state index < -0.39 is 0 Å². The van der Waals surface area contributed by atoms with Gasteiger partial charge in [-0.15, -0.1) is 11.6 Å². The van der Waals surface area contributed by atoms with Crippen molar-refractivity contribution in [2.75, 3.05) is 0 Å². The molecule has 2 aromatic carbocycles. The Morgan fingerprint density at radius 2 is 1.59 bits per heavy atom. The fourth-order valence-electron chi connectivity index (χ4n) is 1.61. The zero-order valence-electron chi connectivity index (χ0n) is 8.68. The molecule has 2 rings (SSSR count). The summed E-state index contributed by atoms with van der Waals surface area (Å²) < 4.78 is 0. The van der Waals surface area contributed by atoms with E-state index in [9.17, 15) is 0 Å². The highest BCUT2D eigenvalue weighted by molar-refractivity contribution is 6.36. The highest BCUT2D eigenvalue weighted by Crippen LogP contribution is 2.32. The van der Waals surface area contributed by atoms with Crippen LogP contribution in [0.3, 0.4) is 0 Å². The Hall–Kier alpha value is -0.400. The molecule has 0 heterocycles. The van der Waals surface area contributed by atoms with Gasteiger partial charge in [-0.25, -0.2) is 0 Å². The third-order valence-corrected chi connectivity index (χ3v) is 3.43. The normalized spacial score (nSPS) is 10.6. The number of benzene rings is 2. The summed E-state index contributed by atoms with van der Waals surface area (Å²) in [5.41, 5.74) is 2.79. The summed E-state index contributed by atoms with van der Waals surface area (Å²) >= 11 is 23.9. The molecule has 0 nitrogen and oxygen atoms in total. The summed E-state index contributed by atoms with van der Waals surface area (Å²) in [6.07, 6.45) is 0. The van der Waals surface area contributed by atoms with E-state index in [1.54, 1.807) is 12.1 Å². The van der Waals surface area contributed by atoms with Gasteiger partial charge >= 0.3 is 0 Å². The van der Waals surface area contributed by atoms with Crippen LogP contribution in [-0.4, -0.2) is 0 Å². The Balaban J connectivity index is 2.55. The topological polar surface area (TPSA) is 0 Å². The lowest BCUT2D eigenvalue weighted by Gasteiger charge is -2.07. The molecule has 0 aliphatic rings. The summed E-state index contributed by atoms with van der Waals surface area (Å²) in [4.78, 5) is 0. The van der Waals surface area contributed by atoms with Gasteiger partial charge in [0.2, 0.25) is 0 Å². The molecule has 0 saturated heterocycles. The largest absolute Gasteiger partial charge is 0.122 e. The molecular formula is C13H8Cl4. The molecule has 0 unspecified atom stereocenters. The predicted octanol–water partition coefficient (Wildman–Crippen LogP) is 6.05. The summed E-state index contributed by atoms with van der Waals surface area (Å²) in [6.45, 7) is 0. The van der Waals surface area contributed by atoms with Crippen LogP contribution >= 0.6 is 46.4 Å². The van der Waals surface area contributed by atoms with E-state index in [0.29, 0.717) is 20.9 Å². The SMILES string of the molecule is ClCc1cc(Cl)cc(-c2ccc(Cl)cc2Cl)c1. The second kappa shape index (κ2) is 5.49. The molecule has 4 heteroatoms. The lowest BCUT2D eigenvalue weighted by molar-refractivity contribution is 1.40. The van der Waals surface area contributed by atoms with Crippen LogP contribution in [0.4, 0.5) is 0 Å². The highest BCUT2D eigenvalue weighted by Gasteiger charge is 2.06. The van der Waals surface area contributed by atoms with Crippen molar-refractivity contribution in [1.82, 2.24) is 0 Å². The summed E-state index contributed by atoms with van der Waals surface area (Å²) in [6, 6.07) is 11.0. The molecule has 0 spiro atoms. The molecule has 0 amide bonds. The first-order valence-electron chi connectivity index (χ1n) is 4.91. The minimum absolute atomic E-state index is 0.415. The Morgan fingerprint density at radius 1 is 0.824 bits per heavy atom. The molecule has 0 bridgehead atoms. The Labute approximate surface area is 120 Å². The lowest BCUT2D eigenvalue weighted by atomic mass is 10.0. The highest BCUT2D eigenvalue weighted by atomic mass is 35.5. The third kappa shape index (κ3) is 3.08. The molecular weight excluding hydrogens is 298 g/mol. The van der Waals surface area contributed by atoms with Gasteiger partial charge < -0.3 is 0 Å². The minimum atomic E-state index is 0.415. The van der Waals surface area contributed by atoms with Crippen molar-refractivity contribution in [3.8, 4) is 11.1 Å². The van der Waals surface area contributed by atoms with E-state index in [2.05, 4.69) is 0 Å². The lowest BCUT2D eigenvalue weighted by Crippen LogP contribution is -1.84. The van der Waals surface area contributed by atoms with Crippen LogP contribution in [0.2, 0.25) is 15.1 Å². The van der Waals surface area contributed by atoms with Crippen LogP contribution < -0.4 is 0 Å². The zero-order chi connectivity index (χ0) is 12.4. The van der Waals surface area contributed by atoms with Gasteiger partial charge in [0.15, 0.2) is 0 Å². The van der Waals surface area contributed by atoms with E-state index in [-0.39, 0.29) is 0 Å². The first kappa shape index (κ1) is 13.0. The van der Waals surface area contributed by atoms with Crippen LogP contribution in [0.1, 0.15) is 5.56 Å². The first-order valence-corrected chi connectivity index (χ1v) is 6.58. The smallest absolute Gasteiger partial charge is 0.0499 e. The second-order valence-electron chi connectivity index (χ2n) is 3.61. The minimum Gasteiger partial charge on any atom is -0.122 e. The fraction of sp³-hybridized carbons (Fsp3) is 0.0769. The van der Waals surface area contributed by atoms with E-state index in [0.717, 1.165) is 16.7 Å². The maximum Gasteiger partial charge on any atom is 0.0499 e. The molecule has 0 aliphatic heterocycles. The van der Waals surface area contributed by atoms with Gasteiger partial charge in [0, 0.05) is 26.5 Å². The number of halogens is 4. The van der Waals surface area contributed by atoms with Crippen molar-refractivity contribution in [1.29, 1.82) is 0 Å². The molecule has 0 saturated carbocycles. The van der Waals surface area contributed by atoms with Gasteiger partial charge in [-0.3, -0.25) is 0 Å². The molecule has 2 aromatic rings. The van der Waals surface area contributed by atoms with Crippen molar-refractivity contribution in [3.63, 3.8) is 0 Å². The number of rotatable bonds is 2. The van der Waals surface area contributed by atoms with Crippen molar-refractivity contribution >= 4 is 46.4 Å². The Kier molecular flexibility index (Phi) is 4.22. The number of hydrogen-bond donors (Lipinski definition) is 0. The molecule has 17 heavy (non-hydrogen) atoms. The second-order valence-corrected chi connectivity index (χ2v) is 5.15. The van der Waals surface area contributed by atoms with Crippen LogP contribution in [0.15, 0.2) is 36.4 Å². The van der Waals surface area contributed by atoms with Crippen LogP contribution in [-0.2, 0) is 5.88 Å². The molecule has 0 aliphatic carbocycles. The first-order chi connectivity index (χ1) is 8.10. The van der Waals surface area contributed by atoms with Crippen molar-refractivity contribution in [2.24, 2.45) is 0 Å². The maximum atomic E-state index is 6.15. The van der Waals surface area contributed by atoms with E-state index in [1.165, 1.54) is 0 Å². The van der Waals surface area contributed by atoms with E-state index >= 15 is 0 Å². The third-order valence-electron chi connectivity index (χ3n) is 2.35. The van der Waals surface area contributed by atoms with Gasteiger partial charge in [-0.1, -0.05) is 40.9 Å². The molecule has 0 aromatic heterocycles. The summed E-state index contributed by atoms with van der Waals surface area (Å²) in [5.74, 6) is 0.415. The predicted molar refractivity (Wildman–Crippen MR) is 76.5 cm³/mol. The monoisotopic (exact) mass is 304 g/mol. The molecule has 88 valence electrons. The van der Waals surface area contributed by atoms with E-state index in [4.69, 9.17) is 46.4 Å². The van der Waals surface area contributed by atoms with Gasteiger partial charge in [0.25, 0.3) is 0 Å². The zero-order valence-corrected chi connectivity index (χ0v) is 11.7. The van der Waals surface area contributed by atoms with Gasteiger partial charge in [-0.05, 0) is 41.5 Å². The van der Waals surface area contributed by atoms with Crippen LogP contribution in [0, 0.1) is 0 Å². The standard InChI is InChI=1S/C13H8Cl4/c14-7-8-3-9(5-11(16)4-8)12-2-1-10(15)6-13(12)17/h1-6H,7H2. The average molecular weight is 306 g/mol. The van der Waals surface area contributed by atoms with Gasteiger partial charge in [0.1, 0.15) is 0 Å². The maximum absolute atomic E-state index is 6.15. The molecule has 0 atom stereocenters. The van der Waals surface area contributed by atoms with E-state index in [1.807, 2.05) is 24.3 Å². The molecule has 0 N–H and O–H groups in total. The van der Waals surface area contributed by atoms with Gasteiger partial charge in [-0.2, -0.15) is 0 Å². The number of alkyl halides is 1. The van der Waals surface area contributed by atoms with Crippen molar-refractivity contribution in [2.45, 2.75) is 5.88 Å². The number of hydrogen-bond acceptors (Lipinski definition) is 0. The quantitative estimate of drug-likeness (QED) is 0.592. The Bertz CT molecular complexity index is 549. The fourth-order valence-corrected chi connectivity index (χ4v) is 2.54. The average Bonchev–Trinajstić information content (AvgIpc) is 2.28. The summed E-state index contributed by atoms with van der Waals surface area (Å²) in [5, 5.41) is 1.85.